The topological polar surface area (TPSA) is 93.4 Å². The van der Waals surface area contributed by atoms with E-state index in [1.165, 1.54) is 0 Å². The summed E-state index contributed by atoms with van der Waals surface area (Å²) in [5, 5.41) is 5.76. The highest BCUT2D eigenvalue weighted by Gasteiger charge is 2.62. The predicted molar refractivity (Wildman–Crippen MR) is 92.8 cm³/mol. The second kappa shape index (κ2) is 5.86. The van der Waals surface area contributed by atoms with Gasteiger partial charge in [0.25, 0.3) is 0 Å². The molecule has 130 valence electrons. The molecule has 0 bridgehead atoms. The molecule has 1 saturated carbocycles. The first-order valence-electron chi connectivity index (χ1n) is 8.42. The van der Waals surface area contributed by atoms with E-state index in [2.05, 4.69) is 10.6 Å². The van der Waals surface area contributed by atoms with Crippen LogP contribution in [0.3, 0.4) is 0 Å². The number of carbonyl (C=O) groups is 2. The summed E-state index contributed by atoms with van der Waals surface area (Å²) in [4.78, 5) is 24.2. The SMILES string of the molecule is CCOC1CC(N)(C(=O)Nc2ccc3c(c2)CCC(=O)N3)C1(C)C. The molecule has 0 spiro atoms. The van der Waals surface area contributed by atoms with Crippen molar-refractivity contribution in [3.05, 3.63) is 23.8 Å². The van der Waals surface area contributed by atoms with Crippen LogP contribution in [0.2, 0.25) is 0 Å². The zero-order valence-corrected chi connectivity index (χ0v) is 14.4. The molecule has 2 aliphatic rings. The minimum Gasteiger partial charge on any atom is -0.378 e. The third kappa shape index (κ3) is 2.59. The number of hydrogen-bond donors (Lipinski definition) is 3. The monoisotopic (exact) mass is 331 g/mol. The van der Waals surface area contributed by atoms with Gasteiger partial charge in [0.15, 0.2) is 0 Å². The molecule has 2 atom stereocenters. The number of rotatable bonds is 4. The molecule has 2 unspecified atom stereocenters. The summed E-state index contributed by atoms with van der Waals surface area (Å²) in [6.45, 7) is 6.50. The Balaban J connectivity index is 1.73. The van der Waals surface area contributed by atoms with Crippen LogP contribution in [0.5, 0.6) is 0 Å². The van der Waals surface area contributed by atoms with Crippen molar-refractivity contribution in [3.63, 3.8) is 0 Å². The molecular formula is C18H25N3O3. The standard InChI is InChI=1S/C18H25N3O3/c1-4-24-14-10-18(19,17(14,2)3)16(23)20-12-6-7-13-11(9-12)5-8-15(22)21-13/h6-7,9,14H,4-5,8,10,19H2,1-3H3,(H,20,23)(H,21,22). The van der Waals surface area contributed by atoms with Gasteiger partial charge in [-0.15, -0.1) is 0 Å². The Kier molecular flexibility index (Phi) is 4.13. The molecule has 0 radical (unpaired) electrons. The van der Waals surface area contributed by atoms with E-state index < -0.39 is 11.0 Å². The average molecular weight is 331 g/mol. The first kappa shape index (κ1) is 16.9. The van der Waals surface area contributed by atoms with E-state index in [4.69, 9.17) is 10.5 Å². The first-order chi connectivity index (χ1) is 11.3. The van der Waals surface area contributed by atoms with Crippen molar-refractivity contribution >= 4 is 23.2 Å². The molecule has 0 aromatic heterocycles. The Morgan fingerprint density at radius 3 is 2.83 bits per heavy atom. The summed E-state index contributed by atoms with van der Waals surface area (Å²) in [5.74, 6) is -0.165. The number of anilines is 2. The van der Waals surface area contributed by atoms with Gasteiger partial charge in [-0.25, -0.2) is 0 Å². The zero-order valence-electron chi connectivity index (χ0n) is 14.4. The average Bonchev–Trinajstić information content (AvgIpc) is 2.54. The Hall–Kier alpha value is -1.92. The molecule has 1 aliphatic heterocycles. The van der Waals surface area contributed by atoms with Crippen LogP contribution in [-0.4, -0.2) is 30.1 Å². The molecule has 2 amide bonds. The lowest BCUT2D eigenvalue weighted by Crippen LogP contribution is -2.74. The number of aryl methyl sites for hydroxylation is 1. The Morgan fingerprint density at radius 1 is 1.42 bits per heavy atom. The maximum atomic E-state index is 12.7. The molecule has 1 aliphatic carbocycles. The Morgan fingerprint density at radius 2 is 2.17 bits per heavy atom. The lowest BCUT2D eigenvalue weighted by molar-refractivity contribution is -0.166. The van der Waals surface area contributed by atoms with Crippen molar-refractivity contribution in [2.24, 2.45) is 11.1 Å². The van der Waals surface area contributed by atoms with Gasteiger partial charge in [-0.05, 0) is 37.1 Å². The van der Waals surface area contributed by atoms with Crippen LogP contribution in [0.25, 0.3) is 0 Å². The first-order valence-corrected chi connectivity index (χ1v) is 8.42. The van der Waals surface area contributed by atoms with Gasteiger partial charge in [0.1, 0.15) is 5.54 Å². The van der Waals surface area contributed by atoms with Gasteiger partial charge in [-0.2, -0.15) is 0 Å². The molecule has 0 saturated heterocycles. The van der Waals surface area contributed by atoms with Gasteiger partial charge in [0.05, 0.1) is 6.10 Å². The van der Waals surface area contributed by atoms with Crippen LogP contribution in [0.1, 0.15) is 39.2 Å². The minimum atomic E-state index is -0.947. The minimum absolute atomic E-state index is 0.00278. The van der Waals surface area contributed by atoms with Gasteiger partial charge in [-0.1, -0.05) is 13.8 Å². The number of nitrogens with one attached hydrogen (secondary N) is 2. The van der Waals surface area contributed by atoms with E-state index in [1.54, 1.807) is 6.07 Å². The second-order valence-electron chi connectivity index (χ2n) is 7.22. The lowest BCUT2D eigenvalue weighted by atomic mass is 9.54. The number of benzene rings is 1. The van der Waals surface area contributed by atoms with Gasteiger partial charge in [0, 0.05) is 36.2 Å². The highest BCUT2D eigenvalue weighted by molar-refractivity contribution is 6.00. The fourth-order valence-electron chi connectivity index (χ4n) is 3.52. The van der Waals surface area contributed by atoms with E-state index in [9.17, 15) is 9.59 Å². The fraction of sp³-hybridized carbons (Fsp3) is 0.556. The number of nitrogens with two attached hydrogens (primary N) is 1. The largest absolute Gasteiger partial charge is 0.378 e. The molecule has 1 aromatic rings. The third-order valence-corrected chi connectivity index (χ3v) is 5.49. The number of carbonyl (C=O) groups excluding carboxylic acids is 2. The molecule has 6 nitrogen and oxygen atoms in total. The van der Waals surface area contributed by atoms with E-state index in [1.807, 2.05) is 32.9 Å². The number of fused-ring (bicyclic) bond motifs is 1. The number of hydrogen-bond acceptors (Lipinski definition) is 4. The van der Waals surface area contributed by atoms with Crippen LogP contribution in [0, 0.1) is 5.41 Å². The maximum Gasteiger partial charge on any atom is 0.245 e. The summed E-state index contributed by atoms with van der Waals surface area (Å²) in [6, 6.07) is 5.51. The quantitative estimate of drug-likeness (QED) is 0.787. The van der Waals surface area contributed by atoms with Crippen molar-refractivity contribution in [2.75, 3.05) is 17.2 Å². The highest BCUT2D eigenvalue weighted by atomic mass is 16.5. The zero-order chi connectivity index (χ0) is 17.5. The third-order valence-electron chi connectivity index (χ3n) is 5.49. The summed E-state index contributed by atoms with van der Waals surface area (Å²) >= 11 is 0. The molecule has 1 aromatic carbocycles. The molecular weight excluding hydrogens is 306 g/mol. The Bertz CT molecular complexity index is 686. The van der Waals surface area contributed by atoms with Crippen LogP contribution >= 0.6 is 0 Å². The normalized spacial score (nSPS) is 27.7. The van der Waals surface area contributed by atoms with Crippen LogP contribution < -0.4 is 16.4 Å². The van der Waals surface area contributed by atoms with Crippen LogP contribution in [-0.2, 0) is 20.7 Å². The molecule has 3 rings (SSSR count). The van der Waals surface area contributed by atoms with Crippen molar-refractivity contribution < 1.29 is 14.3 Å². The van der Waals surface area contributed by atoms with E-state index in [0.717, 1.165) is 11.3 Å². The molecule has 4 N–H and O–H groups in total. The number of ether oxygens (including phenoxy) is 1. The van der Waals surface area contributed by atoms with Crippen molar-refractivity contribution in [1.82, 2.24) is 0 Å². The van der Waals surface area contributed by atoms with Crippen molar-refractivity contribution in [3.8, 4) is 0 Å². The summed E-state index contributed by atoms with van der Waals surface area (Å²) in [5.41, 5.74) is 7.57. The predicted octanol–water partition coefficient (Wildman–Crippen LogP) is 2.04. The summed E-state index contributed by atoms with van der Waals surface area (Å²) in [6.07, 6.45) is 1.66. The molecule has 1 fully saturated rings. The van der Waals surface area contributed by atoms with Crippen LogP contribution in [0.4, 0.5) is 11.4 Å². The van der Waals surface area contributed by atoms with Gasteiger partial charge < -0.3 is 21.1 Å². The lowest BCUT2D eigenvalue weighted by Gasteiger charge is -2.57. The maximum absolute atomic E-state index is 12.7. The van der Waals surface area contributed by atoms with E-state index in [0.29, 0.717) is 31.6 Å². The van der Waals surface area contributed by atoms with Crippen LogP contribution in [0.15, 0.2) is 18.2 Å². The van der Waals surface area contributed by atoms with Crippen molar-refractivity contribution in [1.29, 1.82) is 0 Å². The summed E-state index contributed by atoms with van der Waals surface area (Å²) < 4.78 is 5.67. The smallest absolute Gasteiger partial charge is 0.245 e. The second-order valence-corrected chi connectivity index (χ2v) is 7.22. The molecule has 1 heterocycles. The van der Waals surface area contributed by atoms with Gasteiger partial charge in [0.2, 0.25) is 11.8 Å². The van der Waals surface area contributed by atoms with Gasteiger partial charge in [-0.3, -0.25) is 9.59 Å². The number of amides is 2. The Labute approximate surface area is 142 Å². The molecule has 6 heteroatoms. The van der Waals surface area contributed by atoms with Gasteiger partial charge >= 0.3 is 0 Å². The van der Waals surface area contributed by atoms with E-state index in [-0.39, 0.29) is 17.9 Å². The fourth-order valence-corrected chi connectivity index (χ4v) is 3.52. The van der Waals surface area contributed by atoms with E-state index >= 15 is 0 Å². The van der Waals surface area contributed by atoms with Crippen molar-refractivity contribution in [2.45, 2.75) is 51.7 Å². The summed E-state index contributed by atoms with van der Waals surface area (Å²) in [7, 11) is 0. The molecule has 24 heavy (non-hydrogen) atoms. The highest BCUT2D eigenvalue weighted by Crippen LogP contribution is 2.50.